The van der Waals surface area contributed by atoms with Crippen molar-refractivity contribution in [3.05, 3.63) is 87.3 Å². The number of nitrogens with two attached hydrogens (primary N) is 1. The summed E-state index contributed by atoms with van der Waals surface area (Å²) in [6.45, 7) is 6.93. The van der Waals surface area contributed by atoms with Gasteiger partial charge in [-0.2, -0.15) is 14.9 Å². The van der Waals surface area contributed by atoms with Crippen molar-refractivity contribution in [2.24, 2.45) is 11.7 Å². The van der Waals surface area contributed by atoms with E-state index in [1.165, 1.54) is 16.9 Å². The Bertz CT molecular complexity index is 1690. The lowest BCUT2D eigenvalue weighted by Gasteiger charge is -2.39. The van der Waals surface area contributed by atoms with Crippen LogP contribution in [0, 0.1) is 11.7 Å². The second-order valence-corrected chi connectivity index (χ2v) is 12.8. The van der Waals surface area contributed by atoms with Gasteiger partial charge in [0.2, 0.25) is 0 Å². The number of nitrogens with zero attached hydrogens (tertiary/aromatic N) is 4. The molecule has 0 spiro atoms. The number of aromatic nitrogens is 4. The van der Waals surface area contributed by atoms with Crippen LogP contribution in [0.1, 0.15) is 67.7 Å². The molecule has 6 rings (SSSR count). The highest BCUT2D eigenvalue weighted by molar-refractivity contribution is 5.82. The number of ether oxygens (including phenoxy) is 1. The Morgan fingerprint density at radius 1 is 1.16 bits per heavy atom. The zero-order valence-electron chi connectivity index (χ0n) is 25.0. The van der Waals surface area contributed by atoms with Crippen molar-refractivity contribution in [3.63, 3.8) is 0 Å². The lowest BCUT2D eigenvalue weighted by Crippen LogP contribution is -2.41. The van der Waals surface area contributed by atoms with E-state index in [1.807, 2.05) is 49.8 Å². The third kappa shape index (κ3) is 5.40. The van der Waals surface area contributed by atoms with E-state index < -0.39 is 11.4 Å². The molecule has 1 aliphatic heterocycles. The van der Waals surface area contributed by atoms with Crippen LogP contribution in [0.4, 0.5) is 4.39 Å². The number of rotatable bonds is 7. The number of nitrogens with one attached hydrogen (secondary N) is 2. The summed E-state index contributed by atoms with van der Waals surface area (Å²) in [5.74, 6) is -0.281. The summed E-state index contributed by atoms with van der Waals surface area (Å²) in [5, 5.41) is 20.1. The van der Waals surface area contributed by atoms with Crippen molar-refractivity contribution in [2.45, 2.75) is 76.2 Å². The third-order valence-corrected chi connectivity index (χ3v) is 9.19. The van der Waals surface area contributed by atoms with E-state index in [2.05, 4.69) is 27.2 Å². The summed E-state index contributed by atoms with van der Waals surface area (Å²) in [4.78, 5) is 13.7. The summed E-state index contributed by atoms with van der Waals surface area (Å²) in [7, 11) is 1.67. The molecule has 2 fully saturated rings. The highest BCUT2D eigenvalue weighted by Crippen LogP contribution is 2.47. The van der Waals surface area contributed by atoms with Gasteiger partial charge in [-0.1, -0.05) is 32.9 Å². The summed E-state index contributed by atoms with van der Waals surface area (Å²) in [6.07, 6.45) is 6.86. The maximum atomic E-state index is 15.4. The Kier molecular flexibility index (Phi) is 7.95. The number of aliphatic hydroxyl groups is 1. The van der Waals surface area contributed by atoms with Gasteiger partial charge >= 0.3 is 0 Å². The van der Waals surface area contributed by atoms with E-state index in [0.717, 1.165) is 29.5 Å². The first-order chi connectivity index (χ1) is 20.6. The lowest BCUT2D eigenvalue weighted by atomic mass is 9.67. The molecular weight excluding hydrogens is 549 g/mol. The number of hydrazine groups is 1. The smallest absolute Gasteiger partial charge is 0.282 e. The van der Waals surface area contributed by atoms with Gasteiger partial charge in [-0.05, 0) is 59.1 Å². The molecule has 4 aromatic rings. The van der Waals surface area contributed by atoms with Gasteiger partial charge < -0.3 is 15.6 Å². The fourth-order valence-electron chi connectivity index (χ4n) is 6.86. The first-order valence-corrected chi connectivity index (χ1v) is 14.8. The zero-order chi connectivity index (χ0) is 30.5. The topological polar surface area (TPSA) is 132 Å². The largest absolute Gasteiger partial charge is 0.392 e. The van der Waals surface area contributed by atoms with Gasteiger partial charge in [-0.15, -0.1) is 0 Å². The van der Waals surface area contributed by atoms with Crippen LogP contribution < -0.4 is 22.1 Å². The number of hydrogen-bond acceptors (Lipinski definition) is 8. The molecule has 0 radical (unpaired) electrons. The number of halogens is 1. The quantitative estimate of drug-likeness (QED) is 0.259. The van der Waals surface area contributed by atoms with E-state index in [1.54, 1.807) is 13.2 Å². The molecule has 5 N–H and O–H groups in total. The van der Waals surface area contributed by atoms with Crippen LogP contribution in [0.15, 0.2) is 53.7 Å². The van der Waals surface area contributed by atoms with Crippen molar-refractivity contribution in [3.8, 4) is 5.69 Å². The van der Waals surface area contributed by atoms with E-state index in [9.17, 15) is 9.90 Å². The second kappa shape index (κ2) is 11.5. The zero-order valence-corrected chi connectivity index (χ0v) is 25.0. The fourth-order valence-corrected chi connectivity index (χ4v) is 6.86. The molecule has 3 heterocycles. The first-order valence-electron chi connectivity index (χ1n) is 14.8. The number of methoxy groups -OCH3 is 1. The van der Waals surface area contributed by atoms with E-state index in [0.29, 0.717) is 29.8 Å². The van der Waals surface area contributed by atoms with Crippen molar-refractivity contribution < 1.29 is 14.2 Å². The molecular formula is C32H40FN7O3. The molecule has 228 valence electrons. The van der Waals surface area contributed by atoms with Gasteiger partial charge in [0.05, 0.1) is 49.4 Å². The van der Waals surface area contributed by atoms with E-state index in [4.69, 9.17) is 10.5 Å². The highest BCUT2D eigenvalue weighted by Gasteiger charge is 2.46. The third-order valence-electron chi connectivity index (χ3n) is 9.19. The molecule has 2 aliphatic rings. The molecule has 1 saturated heterocycles. The molecule has 0 amide bonds. The molecule has 5 unspecified atom stereocenters. The lowest BCUT2D eigenvalue weighted by molar-refractivity contribution is 0.183. The van der Waals surface area contributed by atoms with E-state index >= 15 is 4.39 Å². The predicted octanol–water partition coefficient (Wildman–Crippen LogP) is 3.20. The fraction of sp³-hybridized carbons (Fsp3) is 0.469. The van der Waals surface area contributed by atoms with Crippen molar-refractivity contribution in [1.29, 1.82) is 0 Å². The van der Waals surface area contributed by atoms with Gasteiger partial charge in [0.15, 0.2) is 0 Å². The van der Waals surface area contributed by atoms with Crippen molar-refractivity contribution >= 4 is 10.8 Å². The standard InChI is InChI=1S/C32H40FN7O3/c1-32(2,3)21-10-19-14-36-40(31(42)28(19)26(33)13-21)27-7-5-6-22(25(27)17-41)18-11-23(29-24(12-18)30(34)38-37-29)20-15-35-39(16-20)8-9-43-4/h5-7,10,13-16,18,23-24,29-30,37-38,41H,8-9,11-12,17,34H2,1-4H3. The predicted molar refractivity (Wildman–Crippen MR) is 162 cm³/mol. The van der Waals surface area contributed by atoms with Crippen LogP contribution in [-0.2, 0) is 23.3 Å². The summed E-state index contributed by atoms with van der Waals surface area (Å²) >= 11 is 0. The number of fused-ring (bicyclic) bond motifs is 2. The average molecular weight is 590 g/mol. The maximum Gasteiger partial charge on any atom is 0.282 e. The Labute approximate surface area is 250 Å². The molecule has 0 bridgehead atoms. The Morgan fingerprint density at radius 3 is 2.72 bits per heavy atom. The highest BCUT2D eigenvalue weighted by atomic mass is 19.1. The van der Waals surface area contributed by atoms with Crippen LogP contribution in [0.3, 0.4) is 0 Å². The molecule has 2 aromatic carbocycles. The maximum absolute atomic E-state index is 15.4. The molecule has 43 heavy (non-hydrogen) atoms. The van der Waals surface area contributed by atoms with Crippen molar-refractivity contribution in [1.82, 2.24) is 30.4 Å². The molecule has 1 saturated carbocycles. The van der Waals surface area contributed by atoms with Gasteiger partial charge in [0.1, 0.15) is 5.82 Å². The van der Waals surface area contributed by atoms with Crippen LogP contribution in [0.25, 0.3) is 16.5 Å². The monoisotopic (exact) mass is 589 g/mol. The molecule has 2 aromatic heterocycles. The normalized spacial score (nSPS) is 24.0. The van der Waals surface area contributed by atoms with Gasteiger partial charge in [0, 0.05) is 42.1 Å². The van der Waals surface area contributed by atoms with Crippen LogP contribution in [0.5, 0.6) is 0 Å². The minimum Gasteiger partial charge on any atom is -0.392 e. The number of benzene rings is 2. The van der Waals surface area contributed by atoms with E-state index in [-0.39, 0.29) is 47.4 Å². The molecule has 10 nitrogen and oxygen atoms in total. The molecule has 11 heteroatoms. The molecule has 5 atom stereocenters. The van der Waals surface area contributed by atoms with Crippen LogP contribution >= 0.6 is 0 Å². The van der Waals surface area contributed by atoms with Gasteiger partial charge in [0.25, 0.3) is 5.56 Å². The Balaban J connectivity index is 1.40. The van der Waals surface area contributed by atoms with Crippen LogP contribution in [-0.4, -0.2) is 50.6 Å². The SMILES string of the molecule is COCCn1cc(C2CC(c3cccc(-n4ncc5cc(C(C)(C)C)cc(F)c5c4=O)c3CO)CC3C(N)NNC23)cn1. The average Bonchev–Trinajstić information content (AvgIpc) is 3.61. The summed E-state index contributed by atoms with van der Waals surface area (Å²) < 4.78 is 23.7. The minimum absolute atomic E-state index is 0.0163. The van der Waals surface area contributed by atoms with Crippen molar-refractivity contribution in [2.75, 3.05) is 13.7 Å². The molecule has 1 aliphatic carbocycles. The Hall–Kier alpha value is -3.48. The minimum atomic E-state index is -0.576. The van der Waals surface area contributed by atoms with Crippen LogP contribution in [0.2, 0.25) is 0 Å². The summed E-state index contributed by atoms with van der Waals surface area (Å²) in [6, 6.07) is 9.00. The summed E-state index contributed by atoms with van der Waals surface area (Å²) in [5.41, 5.74) is 16.2. The first kappa shape index (κ1) is 29.6. The van der Waals surface area contributed by atoms with Gasteiger partial charge in [-0.25, -0.2) is 9.82 Å². The second-order valence-electron chi connectivity index (χ2n) is 12.8. The van der Waals surface area contributed by atoms with Gasteiger partial charge in [-0.3, -0.25) is 14.9 Å². The Morgan fingerprint density at radius 2 is 1.98 bits per heavy atom. The number of aliphatic hydroxyl groups excluding tert-OH is 1. The number of hydrogen-bond donors (Lipinski definition) is 4.